The Morgan fingerprint density at radius 1 is 0.288 bits per heavy atom. The van der Waals surface area contributed by atoms with Crippen molar-refractivity contribution in [1.82, 2.24) is 85.6 Å². The fourth-order valence-electron chi connectivity index (χ4n) is 18.1. The number of hydrogen-bond acceptors (Lipinski definition) is 24. The normalized spacial score (nSPS) is 15.1. The number of H-pyrrole nitrogens is 4. The summed E-state index contributed by atoms with van der Waals surface area (Å²) in [5.41, 5.74) is 17.8. The first-order valence-electron chi connectivity index (χ1n) is 47.7. The lowest BCUT2D eigenvalue weighted by atomic mass is 9.93. The van der Waals surface area contributed by atoms with Crippen molar-refractivity contribution in [1.29, 1.82) is 0 Å². The Bertz CT molecular complexity index is 6920. The lowest BCUT2D eigenvalue weighted by Crippen LogP contribution is -2.29. The molecule has 17 heterocycles. The average Bonchev–Trinajstić information content (AvgIpc) is 1.67. The molecule has 7 aliphatic rings. The number of amides is 7. The number of hydrogen-bond donors (Lipinski definition) is 11. The minimum Gasteiger partial charge on any atom is -0.381 e. The molecule has 35 nitrogen and oxygen atoms in total. The van der Waals surface area contributed by atoms with Gasteiger partial charge in [-0.25, -0.2) is 24.7 Å². The number of pyridine rings is 8. The number of anilines is 12. The van der Waals surface area contributed by atoms with Crippen LogP contribution in [0.4, 0.5) is 73.6 Å². The smallest absolute Gasteiger partial charge is 0.321 e. The van der Waals surface area contributed by atoms with Gasteiger partial charge in [-0.1, -0.05) is 24.3 Å². The van der Waals surface area contributed by atoms with Crippen LogP contribution in [-0.2, 0) is 4.79 Å². The van der Waals surface area contributed by atoms with Gasteiger partial charge in [0.2, 0.25) is 5.91 Å². The number of nitrogens with one attached hydrogen (secondary N) is 11. The molecule has 0 atom stereocenters. The van der Waals surface area contributed by atoms with E-state index < -0.39 is 0 Å². The van der Waals surface area contributed by atoms with E-state index in [-0.39, 0.29) is 47.2 Å². The van der Waals surface area contributed by atoms with Crippen molar-refractivity contribution < 1.29 is 28.8 Å². The largest absolute Gasteiger partial charge is 0.381 e. The molecule has 23 rings (SSSR count). The van der Waals surface area contributed by atoms with Crippen LogP contribution in [0.15, 0.2) is 220 Å². The Hall–Kier alpha value is -16.6. The number of aromatic nitrogens is 16. The predicted octanol–water partition coefficient (Wildman–Crippen LogP) is 17.9. The number of nitrogens with zero attached hydrogens (tertiary/aromatic N) is 18. The van der Waals surface area contributed by atoms with E-state index in [0.29, 0.717) is 68.0 Å². The van der Waals surface area contributed by atoms with Gasteiger partial charge in [0.05, 0.1) is 111 Å². The molecule has 2 saturated carbocycles. The number of benzene rings is 4. The highest BCUT2D eigenvalue weighted by Crippen LogP contribution is 2.37. The molecule has 35 heteroatoms. The van der Waals surface area contributed by atoms with E-state index in [0.717, 1.165) is 190 Å². The van der Waals surface area contributed by atoms with Crippen LogP contribution in [0.1, 0.15) is 145 Å². The molecule has 0 radical (unpaired) electrons. The van der Waals surface area contributed by atoms with E-state index in [4.69, 9.17) is 0 Å². The van der Waals surface area contributed by atoms with Gasteiger partial charge in [-0.2, -0.15) is 20.4 Å². The molecule has 704 valence electrons. The van der Waals surface area contributed by atoms with Crippen molar-refractivity contribution in [3.8, 4) is 44.5 Å². The molecule has 7 fully saturated rings. The van der Waals surface area contributed by atoms with Crippen molar-refractivity contribution in [2.45, 2.75) is 109 Å². The maximum absolute atomic E-state index is 13.1. The SMILES string of the molecule is CN(C)C(=O)Nc1cncc(-c2ccc3[nH]nc(C(=O)Nc4ccc(N5CCCC5)nc4)c3c2)c1.O=C(Nc1ccc(N2CCCC2)nc1)c1n[nH]c2ccc(-c3cncc(N4CCCCC4)c3)cc12.O=C(Nc1ccc(N2CCCC2)nc1)c1n[nH]c2ccc(-c3cncc(NC(=O)C4CC4)c3)cc12.O=C(Nc1ccc(N2CCCC2)nc1)c1n[nH]c2ccc(-c3cncc(NC4CCC4)c3)cc12. The zero-order chi connectivity index (χ0) is 94.7. The second-order valence-electron chi connectivity index (χ2n) is 36.3. The van der Waals surface area contributed by atoms with Crippen LogP contribution >= 0.6 is 0 Å². The Kier molecular flexibility index (Phi) is 26.8. The summed E-state index contributed by atoms with van der Waals surface area (Å²) in [4.78, 5) is 125. The van der Waals surface area contributed by atoms with Crippen LogP contribution in [0.25, 0.3) is 88.1 Å². The Morgan fingerprint density at radius 3 is 0.914 bits per heavy atom. The summed E-state index contributed by atoms with van der Waals surface area (Å²) < 4.78 is 0. The number of carbonyl (C=O) groups is 6. The summed E-state index contributed by atoms with van der Waals surface area (Å²) in [6.45, 7) is 10.4. The van der Waals surface area contributed by atoms with Crippen LogP contribution < -0.4 is 61.7 Å². The number of carbonyl (C=O) groups excluding carboxylic acids is 6. The highest BCUT2D eigenvalue weighted by molar-refractivity contribution is 6.15. The van der Waals surface area contributed by atoms with Crippen molar-refractivity contribution >= 4 is 148 Å². The first kappa shape index (κ1) is 90.2. The maximum atomic E-state index is 13.1. The molecule has 12 aromatic heterocycles. The van der Waals surface area contributed by atoms with Crippen molar-refractivity contribution in [3.05, 3.63) is 243 Å². The van der Waals surface area contributed by atoms with Gasteiger partial charge in [0.15, 0.2) is 22.8 Å². The Morgan fingerprint density at radius 2 is 0.597 bits per heavy atom. The summed E-state index contributed by atoms with van der Waals surface area (Å²) >= 11 is 0. The number of fused-ring (bicyclic) bond motifs is 4. The third kappa shape index (κ3) is 21.4. The summed E-state index contributed by atoms with van der Waals surface area (Å²) in [5, 5.41) is 52.8. The van der Waals surface area contributed by atoms with Gasteiger partial charge in [-0.15, -0.1) is 0 Å². The third-order valence-electron chi connectivity index (χ3n) is 26.2. The van der Waals surface area contributed by atoms with Gasteiger partial charge >= 0.3 is 6.03 Å². The summed E-state index contributed by atoms with van der Waals surface area (Å²) in [7, 11) is 3.34. The van der Waals surface area contributed by atoms with E-state index in [1.807, 2.05) is 158 Å². The molecule has 139 heavy (non-hydrogen) atoms. The van der Waals surface area contributed by atoms with E-state index in [1.165, 1.54) is 94.8 Å². The van der Waals surface area contributed by atoms with E-state index >= 15 is 0 Å². The van der Waals surface area contributed by atoms with Gasteiger partial charge in [0, 0.05) is 166 Å². The standard InChI is InChI=1S/C27H29N7O.C26H25N7O2.C26H27N7O.C25H26N8O2/c35-27(30-21-7-9-25(29-17-21)34-12-4-5-13-34)26-23-15-19(6-8-24(23)31-32-26)20-14-22(18-28-16-20)33-10-2-1-3-11-33;34-25(16-3-4-16)30-20-11-18(13-27-14-20)17-5-7-22-21(12-17)24(32-31-22)26(35)29-19-6-8-23(28-15-19)33-9-1-2-10-33;34-26(30-20-7-9-24(28-16-20)33-10-1-2-11-33)25-22-13-17(6-8-23(22)31-32-25)18-12-21(15-27-14-18)29-19-4-3-5-19;1-32(2)25(35)29-19-11-17(13-26-14-19)16-5-7-21-20(12-16)23(31-30-21)24(34)28-18-6-8-22(27-15-18)33-9-3-4-10-33/h6-9,14-18H,1-5,10-13H2,(H,30,35)(H,31,32);5-8,11-16H,1-4,9-10H2,(H,29,35)(H,30,34)(H,31,32);6-9,12-16,19,29H,1-5,10-11H2,(H,30,34)(H,31,32);5-8,11-15H,3-4,9-10H2,1-2H3,(H,28,34)(H,29,35)(H,30,31). The van der Waals surface area contributed by atoms with Crippen LogP contribution in [0.5, 0.6) is 0 Å². The number of piperidine rings is 1. The summed E-state index contributed by atoms with van der Waals surface area (Å²) in [6, 6.07) is 47.0. The molecule has 5 saturated heterocycles. The molecule has 7 amide bonds. The first-order chi connectivity index (χ1) is 68.1. The van der Waals surface area contributed by atoms with Crippen LogP contribution in [-0.4, -0.2) is 207 Å². The molecule has 11 N–H and O–H groups in total. The molecule has 4 aromatic carbocycles. The highest BCUT2D eigenvalue weighted by Gasteiger charge is 2.31. The first-order valence-corrected chi connectivity index (χ1v) is 47.7. The quantitative estimate of drug-likeness (QED) is 0.0300. The van der Waals surface area contributed by atoms with E-state index in [1.54, 1.807) is 63.7 Å². The summed E-state index contributed by atoms with van der Waals surface area (Å²) in [6.07, 6.45) is 39.8. The minimum atomic E-state index is -0.325. The zero-order valence-corrected chi connectivity index (χ0v) is 77.3. The fraction of sp³-hybridized carbons (Fsp3) is 0.288. The number of rotatable bonds is 22. The third-order valence-corrected chi connectivity index (χ3v) is 26.2. The Balaban J connectivity index is 0.000000114. The molecule has 0 unspecified atom stereocenters. The Labute approximate surface area is 801 Å². The minimum absolute atomic E-state index is 0.0381. The van der Waals surface area contributed by atoms with E-state index in [9.17, 15) is 28.8 Å². The highest BCUT2D eigenvalue weighted by atomic mass is 16.2. The van der Waals surface area contributed by atoms with Crippen LogP contribution in [0.3, 0.4) is 0 Å². The summed E-state index contributed by atoms with van der Waals surface area (Å²) in [5.74, 6) is 2.75. The molecule has 2 aliphatic carbocycles. The monoisotopic (exact) mass is 1860 g/mol. The topological polar surface area (TPSA) is 424 Å². The van der Waals surface area contributed by atoms with Gasteiger partial charge in [-0.3, -0.25) is 64.3 Å². The molecule has 16 aromatic rings. The lowest BCUT2D eigenvalue weighted by Gasteiger charge is -2.28. The second kappa shape index (κ2) is 41.3. The van der Waals surface area contributed by atoms with Gasteiger partial charge in [-0.05, 0) is 246 Å². The molecule has 0 spiro atoms. The van der Waals surface area contributed by atoms with Gasteiger partial charge < -0.3 is 66.6 Å². The van der Waals surface area contributed by atoms with E-state index in [2.05, 4.69) is 155 Å². The second-order valence-corrected chi connectivity index (χ2v) is 36.3. The van der Waals surface area contributed by atoms with Gasteiger partial charge in [0.25, 0.3) is 23.6 Å². The number of aromatic amines is 4. The van der Waals surface area contributed by atoms with Gasteiger partial charge in [0.1, 0.15) is 23.3 Å². The molecular formula is C104H107N29O6. The molecule has 5 aliphatic heterocycles. The zero-order valence-electron chi connectivity index (χ0n) is 77.3. The van der Waals surface area contributed by atoms with Crippen molar-refractivity contribution in [2.75, 3.05) is 141 Å². The molecular weight excluding hydrogens is 1750 g/mol. The predicted molar refractivity (Wildman–Crippen MR) is 543 cm³/mol. The van der Waals surface area contributed by atoms with Crippen LogP contribution in [0.2, 0.25) is 0 Å². The number of urea groups is 1. The van der Waals surface area contributed by atoms with Crippen molar-refractivity contribution in [2.24, 2.45) is 5.92 Å². The molecule has 0 bridgehead atoms. The lowest BCUT2D eigenvalue weighted by molar-refractivity contribution is -0.117. The fourth-order valence-corrected chi connectivity index (χ4v) is 18.1. The average molecular weight is 1860 g/mol. The maximum Gasteiger partial charge on any atom is 0.321 e. The van der Waals surface area contributed by atoms with Crippen LogP contribution in [0, 0.1) is 5.92 Å². The van der Waals surface area contributed by atoms with Crippen molar-refractivity contribution in [3.63, 3.8) is 0 Å².